The number of benzene rings is 1. The summed E-state index contributed by atoms with van der Waals surface area (Å²) in [5.41, 5.74) is 4.68. The van der Waals surface area contributed by atoms with E-state index in [2.05, 4.69) is 63.7 Å². The minimum absolute atomic E-state index is 0.255. The van der Waals surface area contributed by atoms with Gasteiger partial charge in [-0.2, -0.15) is 5.10 Å². The first-order valence-electron chi connectivity index (χ1n) is 9.64. The van der Waals surface area contributed by atoms with Gasteiger partial charge in [-0.1, -0.05) is 38.1 Å². The number of urea groups is 1. The minimum Gasteiger partial charge on any atom is -0.334 e. The number of nitrogens with zero attached hydrogens (tertiary/aromatic N) is 4. The molecule has 3 aromatic rings. The highest BCUT2D eigenvalue weighted by molar-refractivity contribution is 5.92. The van der Waals surface area contributed by atoms with Crippen molar-refractivity contribution >= 4 is 22.8 Å². The number of aryl methyl sites for hydroxylation is 2. The summed E-state index contributed by atoms with van der Waals surface area (Å²) in [5.74, 6) is 0. The Morgan fingerprint density at radius 1 is 1.14 bits per heavy atom. The summed E-state index contributed by atoms with van der Waals surface area (Å²) in [6.07, 6.45) is 1.64. The van der Waals surface area contributed by atoms with Gasteiger partial charge in [0.05, 0.1) is 17.6 Å². The number of fused-ring (bicyclic) bond motifs is 1. The van der Waals surface area contributed by atoms with Crippen LogP contribution in [0.3, 0.4) is 0 Å². The number of amides is 2. The molecule has 0 saturated carbocycles. The molecule has 0 radical (unpaired) electrons. The highest BCUT2D eigenvalue weighted by Crippen LogP contribution is 2.19. The van der Waals surface area contributed by atoms with E-state index in [0.717, 1.165) is 41.9 Å². The first-order chi connectivity index (χ1) is 13.5. The van der Waals surface area contributed by atoms with Crippen LogP contribution in [0.2, 0.25) is 0 Å². The van der Waals surface area contributed by atoms with Crippen molar-refractivity contribution in [3.8, 4) is 0 Å². The van der Waals surface area contributed by atoms with Crippen molar-refractivity contribution in [3.63, 3.8) is 0 Å². The quantitative estimate of drug-likeness (QED) is 0.658. The fourth-order valence-electron chi connectivity index (χ4n) is 3.20. The SMILES string of the molecule is CCN(CC)Cc1ccc(CNC(=O)Nc2cnc3c(c2)c(C)nn3C)cc1. The number of anilines is 1. The number of carbonyl (C=O) groups excluding carboxylic acids is 1. The second-order valence-corrected chi connectivity index (χ2v) is 6.89. The first-order valence-corrected chi connectivity index (χ1v) is 9.64. The van der Waals surface area contributed by atoms with Crippen molar-refractivity contribution in [2.24, 2.45) is 7.05 Å². The lowest BCUT2D eigenvalue weighted by Crippen LogP contribution is -2.28. The van der Waals surface area contributed by atoms with Crippen LogP contribution in [0.4, 0.5) is 10.5 Å². The van der Waals surface area contributed by atoms with E-state index in [-0.39, 0.29) is 6.03 Å². The van der Waals surface area contributed by atoms with Crippen molar-refractivity contribution in [1.29, 1.82) is 0 Å². The number of hydrogen-bond acceptors (Lipinski definition) is 4. The molecule has 0 unspecified atom stereocenters. The molecule has 148 valence electrons. The third-order valence-electron chi connectivity index (χ3n) is 4.90. The Balaban J connectivity index is 1.55. The average molecular weight is 380 g/mol. The topological polar surface area (TPSA) is 75.1 Å². The van der Waals surface area contributed by atoms with Gasteiger partial charge in [0.2, 0.25) is 0 Å². The molecule has 0 spiro atoms. The fourth-order valence-corrected chi connectivity index (χ4v) is 3.20. The van der Waals surface area contributed by atoms with Crippen LogP contribution in [-0.2, 0) is 20.1 Å². The standard InChI is InChI=1S/C21H28N6O/c1-5-27(6-2)14-17-9-7-16(8-10-17)12-23-21(28)24-18-11-19-15(3)25-26(4)20(19)22-13-18/h7-11,13H,5-6,12,14H2,1-4H3,(H2,23,24,28). The smallest absolute Gasteiger partial charge is 0.319 e. The Morgan fingerprint density at radius 2 is 1.82 bits per heavy atom. The van der Waals surface area contributed by atoms with Crippen LogP contribution >= 0.6 is 0 Å². The third-order valence-corrected chi connectivity index (χ3v) is 4.90. The zero-order valence-corrected chi connectivity index (χ0v) is 17.0. The minimum atomic E-state index is -0.255. The van der Waals surface area contributed by atoms with Gasteiger partial charge in [-0.05, 0) is 37.2 Å². The molecule has 2 heterocycles. The van der Waals surface area contributed by atoms with Gasteiger partial charge in [-0.25, -0.2) is 9.78 Å². The van der Waals surface area contributed by atoms with E-state index in [4.69, 9.17) is 0 Å². The van der Waals surface area contributed by atoms with Crippen LogP contribution in [0.1, 0.15) is 30.7 Å². The normalized spacial score (nSPS) is 11.2. The number of nitrogens with one attached hydrogen (secondary N) is 2. The van der Waals surface area contributed by atoms with Gasteiger partial charge in [0, 0.05) is 25.5 Å². The Morgan fingerprint density at radius 3 is 2.50 bits per heavy atom. The summed E-state index contributed by atoms with van der Waals surface area (Å²) < 4.78 is 1.73. The van der Waals surface area contributed by atoms with E-state index in [0.29, 0.717) is 12.2 Å². The highest BCUT2D eigenvalue weighted by Gasteiger charge is 2.09. The molecule has 0 atom stereocenters. The van der Waals surface area contributed by atoms with Crippen LogP contribution in [0.15, 0.2) is 36.5 Å². The number of carbonyl (C=O) groups is 1. The Kier molecular flexibility index (Phi) is 6.26. The summed E-state index contributed by atoms with van der Waals surface area (Å²) in [5, 5.41) is 11.0. The predicted octanol–water partition coefficient (Wildman–Crippen LogP) is 3.44. The second kappa shape index (κ2) is 8.84. The first kappa shape index (κ1) is 19.8. The lowest BCUT2D eigenvalue weighted by Gasteiger charge is -2.18. The molecular weight excluding hydrogens is 352 g/mol. The van der Waals surface area contributed by atoms with Gasteiger partial charge in [0.1, 0.15) is 0 Å². The molecule has 0 saturated heterocycles. The maximum Gasteiger partial charge on any atom is 0.319 e. The summed E-state index contributed by atoms with van der Waals surface area (Å²) in [4.78, 5) is 19.0. The Bertz CT molecular complexity index is 943. The molecule has 0 fully saturated rings. The van der Waals surface area contributed by atoms with Gasteiger partial charge >= 0.3 is 6.03 Å². The van der Waals surface area contributed by atoms with Crippen molar-refractivity contribution in [1.82, 2.24) is 25.0 Å². The summed E-state index contributed by atoms with van der Waals surface area (Å²) >= 11 is 0. The van der Waals surface area contributed by atoms with E-state index >= 15 is 0 Å². The van der Waals surface area contributed by atoms with Crippen LogP contribution in [-0.4, -0.2) is 38.8 Å². The molecule has 7 heteroatoms. The zero-order valence-electron chi connectivity index (χ0n) is 17.0. The monoisotopic (exact) mass is 380 g/mol. The van der Waals surface area contributed by atoms with Crippen LogP contribution in [0.5, 0.6) is 0 Å². The molecule has 0 aliphatic carbocycles. The lowest BCUT2D eigenvalue weighted by atomic mass is 10.1. The van der Waals surface area contributed by atoms with Crippen LogP contribution < -0.4 is 10.6 Å². The highest BCUT2D eigenvalue weighted by atomic mass is 16.2. The number of hydrogen-bond donors (Lipinski definition) is 2. The molecule has 0 aliphatic rings. The second-order valence-electron chi connectivity index (χ2n) is 6.89. The lowest BCUT2D eigenvalue weighted by molar-refractivity contribution is 0.251. The van der Waals surface area contributed by atoms with Crippen molar-refractivity contribution in [2.75, 3.05) is 18.4 Å². The van der Waals surface area contributed by atoms with Crippen LogP contribution in [0, 0.1) is 6.92 Å². The maximum atomic E-state index is 12.2. The Labute approximate surface area is 165 Å². The maximum absolute atomic E-state index is 12.2. The fraction of sp³-hybridized carbons (Fsp3) is 0.381. The zero-order chi connectivity index (χ0) is 20.1. The molecule has 0 bridgehead atoms. The molecule has 2 N–H and O–H groups in total. The number of aromatic nitrogens is 3. The van der Waals surface area contributed by atoms with Crippen molar-refractivity contribution in [2.45, 2.75) is 33.9 Å². The van der Waals surface area contributed by atoms with Gasteiger partial charge in [-0.15, -0.1) is 0 Å². The largest absolute Gasteiger partial charge is 0.334 e. The third kappa shape index (κ3) is 4.67. The molecular formula is C21H28N6O. The Hall–Kier alpha value is -2.93. The molecule has 2 amide bonds. The summed E-state index contributed by atoms with van der Waals surface area (Å²) in [7, 11) is 1.86. The molecule has 7 nitrogen and oxygen atoms in total. The van der Waals surface area contributed by atoms with E-state index in [9.17, 15) is 4.79 Å². The predicted molar refractivity (Wildman–Crippen MR) is 112 cm³/mol. The number of rotatable bonds is 7. The molecule has 3 rings (SSSR count). The van der Waals surface area contributed by atoms with E-state index in [1.807, 2.05) is 20.0 Å². The van der Waals surface area contributed by atoms with Gasteiger partial charge in [0.25, 0.3) is 0 Å². The van der Waals surface area contributed by atoms with E-state index < -0.39 is 0 Å². The molecule has 2 aromatic heterocycles. The summed E-state index contributed by atoms with van der Waals surface area (Å²) in [6.45, 7) is 9.77. The van der Waals surface area contributed by atoms with Gasteiger partial charge in [-0.3, -0.25) is 9.58 Å². The molecule has 1 aromatic carbocycles. The molecule has 0 aliphatic heterocycles. The summed E-state index contributed by atoms with van der Waals surface area (Å²) in [6, 6.07) is 10.0. The number of pyridine rings is 1. The van der Waals surface area contributed by atoms with Crippen LogP contribution in [0.25, 0.3) is 11.0 Å². The van der Waals surface area contributed by atoms with Crippen molar-refractivity contribution < 1.29 is 4.79 Å². The van der Waals surface area contributed by atoms with E-state index in [1.165, 1.54) is 5.56 Å². The average Bonchev–Trinajstić information content (AvgIpc) is 2.98. The van der Waals surface area contributed by atoms with E-state index in [1.54, 1.807) is 10.9 Å². The van der Waals surface area contributed by atoms with Crippen molar-refractivity contribution in [3.05, 3.63) is 53.3 Å². The molecule has 28 heavy (non-hydrogen) atoms. The van der Waals surface area contributed by atoms with Gasteiger partial charge in [0.15, 0.2) is 5.65 Å². The van der Waals surface area contributed by atoms with Gasteiger partial charge < -0.3 is 10.6 Å².